The van der Waals surface area contributed by atoms with Gasteiger partial charge in [-0.25, -0.2) is 8.42 Å². The molecule has 1 N–H and O–H groups in total. The van der Waals surface area contributed by atoms with Gasteiger partial charge in [0.2, 0.25) is 21.8 Å². The summed E-state index contributed by atoms with van der Waals surface area (Å²) in [7, 11) is -0.588. The summed E-state index contributed by atoms with van der Waals surface area (Å²) in [6, 6.07) is 11.5. The van der Waals surface area contributed by atoms with E-state index in [1.165, 1.54) is 23.9 Å². The summed E-state index contributed by atoms with van der Waals surface area (Å²) >= 11 is 6.23. The minimum Gasteiger partial charge on any atom is -0.497 e. The molecule has 1 atom stereocenters. The number of sulfonamides is 1. The van der Waals surface area contributed by atoms with Crippen molar-refractivity contribution in [2.75, 3.05) is 31.3 Å². The Hall–Kier alpha value is -2.98. The molecule has 0 aliphatic heterocycles. The third-order valence-corrected chi connectivity index (χ3v) is 8.67. The molecule has 0 bridgehead atoms. The molecule has 1 aliphatic carbocycles. The highest BCUT2D eigenvalue weighted by atomic mass is 35.5. The number of amides is 2. The van der Waals surface area contributed by atoms with Crippen LogP contribution in [0.5, 0.6) is 11.5 Å². The molecule has 9 nitrogen and oxygen atoms in total. The van der Waals surface area contributed by atoms with E-state index in [9.17, 15) is 18.0 Å². The minimum atomic E-state index is -3.64. The van der Waals surface area contributed by atoms with E-state index in [0.717, 1.165) is 37.5 Å². The molecule has 1 saturated carbocycles. The summed E-state index contributed by atoms with van der Waals surface area (Å²) in [5, 5.41) is 3.41. The van der Waals surface area contributed by atoms with Gasteiger partial charge in [-0.15, -0.1) is 0 Å². The minimum absolute atomic E-state index is 0.0565. The molecule has 1 unspecified atom stereocenters. The molecule has 0 aromatic heterocycles. The van der Waals surface area contributed by atoms with E-state index in [0.29, 0.717) is 17.2 Å². The highest BCUT2D eigenvalue weighted by Crippen LogP contribution is 2.30. The number of hydrogen-bond donors (Lipinski definition) is 1. The van der Waals surface area contributed by atoms with Crippen LogP contribution >= 0.6 is 11.6 Å². The van der Waals surface area contributed by atoms with Crippen molar-refractivity contribution in [1.82, 2.24) is 10.2 Å². The molecule has 0 saturated heterocycles. The lowest BCUT2D eigenvalue weighted by atomic mass is 9.95. The Morgan fingerprint density at radius 2 is 1.80 bits per heavy atom. The number of carbonyl (C=O) groups excluding carboxylic acids is 2. The molecule has 0 radical (unpaired) electrons. The lowest BCUT2D eigenvalue weighted by Crippen LogP contribution is -2.50. The molecule has 3 rings (SSSR count). The number of carbonyl (C=O) groups is 2. The first kappa shape index (κ1) is 31.5. The van der Waals surface area contributed by atoms with Gasteiger partial charge in [0.1, 0.15) is 17.5 Å². The molecular weight excluding hydrogens is 554 g/mol. The van der Waals surface area contributed by atoms with Crippen LogP contribution in [0, 0.1) is 0 Å². The van der Waals surface area contributed by atoms with E-state index in [2.05, 4.69) is 5.32 Å². The summed E-state index contributed by atoms with van der Waals surface area (Å²) in [4.78, 5) is 28.3. The van der Waals surface area contributed by atoms with Crippen LogP contribution in [-0.2, 0) is 26.2 Å². The zero-order valence-corrected chi connectivity index (χ0v) is 25.3. The van der Waals surface area contributed by atoms with Crippen molar-refractivity contribution >= 4 is 39.1 Å². The Labute approximate surface area is 242 Å². The van der Waals surface area contributed by atoms with Crippen molar-refractivity contribution in [3.63, 3.8) is 0 Å². The van der Waals surface area contributed by atoms with Crippen molar-refractivity contribution in [1.29, 1.82) is 0 Å². The van der Waals surface area contributed by atoms with Crippen LogP contribution in [0.15, 0.2) is 42.5 Å². The lowest BCUT2D eigenvalue weighted by molar-refractivity contribution is -0.141. The molecular formula is C29H40ClN3O6S. The number of anilines is 1. The molecule has 1 aliphatic rings. The second-order valence-electron chi connectivity index (χ2n) is 10.2. The van der Waals surface area contributed by atoms with Gasteiger partial charge in [0.15, 0.2) is 0 Å². The van der Waals surface area contributed by atoms with Gasteiger partial charge in [-0.1, -0.05) is 43.0 Å². The average molecular weight is 594 g/mol. The molecule has 0 spiro atoms. The largest absolute Gasteiger partial charge is 0.497 e. The summed E-state index contributed by atoms with van der Waals surface area (Å²) in [5.41, 5.74) is 1.21. The Morgan fingerprint density at radius 3 is 2.42 bits per heavy atom. The van der Waals surface area contributed by atoms with Crippen LogP contribution in [0.2, 0.25) is 5.02 Å². The highest BCUT2D eigenvalue weighted by Gasteiger charge is 2.28. The number of methoxy groups -OCH3 is 2. The predicted octanol–water partition coefficient (Wildman–Crippen LogP) is 4.77. The van der Waals surface area contributed by atoms with Gasteiger partial charge in [0.25, 0.3) is 0 Å². The smallest absolute Gasteiger partial charge is 0.242 e. The first-order valence-corrected chi connectivity index (χ1v) is 15.8. The standard InChI is InChI=1S/C29H40ClN3O6S/c1-21(29(35)31-23-11-6-5-7-12-23)32(20-22-10-8-13-25(18-22)38-2)28(34)14-9-17-33(40(4,36)37)24-15-16-27(39-3)26(30)19-24/h8,10,13,15-16,18-19,21,23H,5-7,9,11-12,14,17,20H2,1-4H3,(H,31,35). The number of rotatable bonds is 13. The number of nitrogens with one attached hydrogen (secondary N) is 1. The monoisotopic (exact) mass is 593 g/mol. The fourth-order valence-corrected chi connectivity index (χ4v) is 6.14. The van der Waals surface area contributed by atoms with Crippen LogP contribution in [0.3, 0.4) is 0 Å². The van der Waals surface area contributed by atoms with E-state index >= 15 is 0 Å². The highest BCUT2D eigenvalue weighted by molar-refractivity contribution is 7.92. The van der Waals surface area contributed by atoms with Crippen LogP contribution in [0.25, 0.3) is 0 Å². The van der Waals surface area contributed by atoms with Gasteiger partial charge in [-0.05, 0) is 62.1 Å². The third kappa shape index (κ3) is 8.76. The number of halogens is 1. The van der Waals surface area contributed by atoms with Crippen molar-refractivity contribution < 1.29 is 27.5 Å². The molecule has 2 aromatic rings. The van der Waals surface area contributed by atoms with Crippen molar-refractivity contribution in [2.45, 2.75) is 70.5 Å². The maximum Gasteiger partial charge on any atom is 0.242 e. The Bertz CT molecular complexity index is 1270. The fraction of sp³-hybridized carbons (Fsp3) is 0.517. The quantitative estimate of drug-likeness (QED) is 0.359. The second kappa shape index (κ2) is 14.6. The molecule has 220 valence electrons. The van der Waals surface area contributed by atoms with Crippen molar-refractivity contribution in [3.05, 3.63) is 53.1 Å². The van der Waals surface area contributed by atoms with Crippen LogP contribution < -0.4 is 19.1 Å². The Kier molecular flexibility index (Phi) is 11.5. The molecule has 40 heavy (non-hydrogen) atoms. The van der Waals surface area contributed by atoms with Gasteiger partial charge < -0.3 is 19.7 Å². The molecule has 2 aromatic carbocycles. The van der Waals surface area contributed by atoms with Crippen LogP contribution in [-0.4, -0.2) is 64.2 Å². The van der Waals surface area contributed by atoms with Crippen molar-refractivity contribution in [2.24, 2.45) is 0 Å². The molecule has 1 fully saturated rings. The van der Waals surface area contributed by atoms with Gasteiger partial charge in [-0.2, -0.15) is 0 Å². The van der Waals surface area contributed by atoms with Gasteiger partial charge in [0.05, 0.1) is 31.2 Å². The van der Waals surface area contributed by atoms with Crippen LogP contribution in [0.1, 0.15) is 57.4 Å². The van der Waals surface area contributed by atoms with Crippen LogP contribution in [0.4, 0.5) is 5.69 Å². The summed E-state index contributed by atoms with van der Waals surface area (Å²) in [5.74, 6) is 0.665. The molecule has 11 heteroatoms. The Balaban J connectivity index is 1.74. The number of ether oxygens (including phenoxy) is 2. The van der Waals surface area contributed by atoms with E-state index in [-0.39, 0.29) is 48.8 Å². The van der Waals surface area contributed by atoms with Gasteiger partial charge in [0, 0.05) is 25.6 Å². The number of nitrogens with zero attached hydrogens (tertiary/aromatic N) is 2. The zero-order valence-electron chi connectivity index (χ0n) is 23.7. The first-order valence-electron chi connectivity index (χ1n) is 13.6. The number of hydrogen-bond acceptors (Lipinski definition) is 6. The Morgan fingerprint density at radius 1 is 1.07 bits per heavy atom. The molecule has 0 heterocycles. The SMILES string of the molecule is COc1cccc(CN(C(=O)CCCN(c2ccc(OC)c(Cl)c2)S(C)(=O)=O)C(C)C(=O)NC2CCCCC2)c1. The maximum atomic E-state index is 13.6. The molecule has 2 amide bonds. The lowest BCUT2D eigenvalue weighted by Gasteiger charge is -2.31. The maximum absolute atomic E-state index is 13.6. The van der Waals surface area contributed by atoms with Gasteiger partial charge >= 0.3 is 0 Å². The summed E-state index contributed by atoms with van der Waals surface area (Å²) in [6.45, 7) is 2.03. The van der Waals surface area contributed by atoms with Crippen molar-refractivity contribution in [3.8, 4) is 11.5 Å². The topological polar surface area (TPSA) is 105 Å². The van der Waals surface area contributed by atoms with E-state index < -0.39 is 16.1 Å². The number of benzene rings is 2. The van der Waals surface area contributed by atoms with E-state index in [4.69, 9.17) is 21.1 Å². The third-order valence-electron chi connectivity index (χ3n) is 7.18. The first-order chi connectivity index (χ1) is 19.0. The fourth-order valence-electron chi connectivity index (χ4n) is 4.93. The second-order valence-corrected chi connectivity index (χ2v) is 12.5. The summed E-state index contributed by atoms with van der Waals surface area (Å²) in [6.07, 6.45) is 6.65. The normalized spacial score (nSPS) is 14.7. The predicted molar refractivity (Wildman–Crippen MR) is 157 cm³/mol. The van der Waals surface area contributed by atoms with E-state index in [1.54, 1.807) is 31.1 Å². The summed E-state index contributed by atoms with van der Waals surface area (Å²) < 4.78 is 36.9. The zero-order chi connectivity index (χ0) is 29.3. The van der Waals surface area contributed by atoms with E-state index in [1.807, 2.05) is 24.3 Å². The van der Waals surface area contributed by atoms with Gasteiger partial charge in [-0.3, -0.25) is 13.9 Å². The average Bonchev–Trinajstić information content (AvgIpc) is 2.93.